The zero-order chi connectivity index (χ0) is 18.2. The number of methoxy groups -OCH3 is 1. The molecule has 2 aliphatic rings. The number of piperidine rings is 1. The highest BCUT2D eigenvalue weighted by Crippen LogP contribution is 2.43. The van der Waals surface area contributed by atoms with Crippen molar-refractivity contribution >= 4 is 11.5 Å². The third kappa shape index (κ3) is 3.23. The van der Waals surface area contributed by atoms with E-state index in [4.69, 9.17) is 14.8 Å². The quantitative estimate of drug-likeness (QED) is 0.725. The number of nitrogens with zero attached hydrogens (tertiary/aromatic N) is 4. The molecule has 1 atom stereocenters. The molecule has 7 heteroatoms. The molecule has 3 aromatic rings. The number of rotatable bonds is 5. The summed E-state index contributed by atoms with van der Waals surface area (Å²) in [6, 6.07) is 8.46. The molecule has 1 aliphatic heterocycles. The molecule has 0 bridgehead atoms. The molecule has 2 fully saturated rings. The highest BCUT2D eigenvalue weighted by molar-refractivity contribution is 5.62. The van der Waals surface area contributed by atoms with Crippen molar-refractivity contribution in [3.8, 4) is 17.1 Å². The standard InChI is InChI=1S/C20H24N6O/c1-27-17-10-19-22-12-16(26(19)25-20(17)13-7-8-13)15-5-2-6-18(24-15)23-14-4-3-9-21-11-14/h2,5-6,10,12-14,21H,3-4,7-9,11H2,1H3,(H,23,24)/t14-/m1/s1. The van der Waals surface area contributed by atoms with E-state index in [9.17, 15) is 0 Å². The number of hydrogen-bond donors (Lipinski definition) is 2. The van der Waals surface area contributed by atoms with Crippen molar-refractivity contribution in [1.82, 2.24) is 24.9 Å². The second-order valence-corrected chi connectivity index (χ2v) is 7.38. The molecule has 5 rings (SSSR count). The van der Waals surface area contributed by atoms with E-state index in [1.807, 2.05) is 35.0 Å². The average molecular weight is 364 g/mol. The molecule has 1 saturated carbocycles. The molecule has 0 aromatic carbocycles. The third-order valence-electron chi connectivity index (χ3n) is 5.33. The molecule has 0 radical (unpaired) electrons. The van der Waals surface area contributed by atoms with E-state index in [1.54, 1.807) is 7.11 Å². The summed E-state index contributed by atoms with van der Waals surface area (Å²) in [4.78, 5) is 9.34. The van der Waals surface area contributed by atoms with Gasteiger partial charge in [-0.05, 0) is 44.4 Å². The summed E-state index contributed by atoms with van der Waals surface area (Å²) in [6.07, 6.45) is 6.55. The Morgan fingerprint density at radius 1 is 1.26 bits per heavy atom. The van der Waals surface area contributed by atoms with Crippen LogP contribution >= 0.6 is 0 Å². The van der Waals surface area contributed by atoms with Gasteiger partial charge in [-0.3, -0.25) is 0 Å². The van der Waals surface area contributed by atoms with Crippen molar-refractivity contribution in [2.45, 2.75) is 37.6 Å². The van der Waals surface area contributed by atoms with Crippen LogP contribution in [0.15, 0.2) is 30.5 Å². The number of hydrogen-bond acceptors (Lipinski definition) is 6. The lowest BCUT2D eigenvalue weighted by molar-refractivity contribution is 0.405. The monoisotopic (exact) mass is 364 g/mol. The van der Waals surface area contributed by atoms with Gasteiger partial charge in [0.1, 0.15) is 23.0 Å². The zero-order valence-electron chi connectivity index (χ0n) is 15.5. The number of fused-ring (bicyclic) bond motifs is 1. The summed E-state index contributed by atoms with van der Waals surface area (Å²) in [6.45, 7) is 2.08. The first-order valence-corrected chi connectivity index (χ1v) is 9.69. The topological polar surface area (TPSA) is 76.4 Å². The molecular formula is C20H24N6O. The smallest absolute Gasteiger partial charge is 0.157 e. The molecule has 0 spiro atoms. The van der Waals surface area contributed by atoms with Crippen molar-refractivity contribution in [2.24, 2.45) is 0 Å². The lowest BCUT2D eigenvalue weighted by Gasteiger charge is -2.24. The molecule has 0 unspecified atom stereocenters. The van der Waals surface area contributed by atoms with Gasteiger partial charge in [0.05, 0.1) is 19.0 Å². The normalized spacial score (nSPS) is 20.0. The second kappa shape index (κ2) is 6.81. The second-order valence-electron chi connectivity index (χ2n) is 7.38. The summed E-state index contributed by atoms with van der Waals surface area (Å²) in [5.74, 6) is 2.22. The third-order valence-corrected chi connectivity index (χ3v) is 5.33. The number of nitrogens with one attached hydrogen (secondary N) is 2. The van der Waals surface area contributed by atoms with E-state index in [0.29, 0.717) is 12.0 Å². The van der Waals surface area contributed by atoms with Crippen molar-refractivity contribution < 1.29 is 4.74 Å². The molecule has 1 aliphatic carbocycles. The van der Waals surface area contributed by atoms with Crippen LogP contribution in [0.25, 0.3) is 17.0 Å². The molecule has 140 valence electrons. The Bertz CT molecular complexity index is 958. The van der Waals surface area contributed by atoms with Crippen LogP contribution in [0.2, 0.25) is 0 Å². The van der Waals surface area contributed by atoms with Gasteiger partial charge in [-0.1, -0.05) is 6.07 Å². The fourth-order valence-corrected chi connectivity index (χ4v) is 3.73. The Kier molecular flexibility index (Phi) is 4.16. The van der Waals surface area contributed by atoms with Crippen LogP contribution in [0, 0.1) is 0 Å². The minimum atomic E-state index is 0.424. The molecule has 7 nitrogen and oxygen atoms in total. The van der Waals surface area contributed by atoms with E-state index >= 15 is 0 Å². The van der Waals surface area contributed by atoms with Gasteiger partial charge in [0.15, 0.2) is 5.65 Å². The van der Waals surface area contributed by atoms with Crippen LogP contribution in [0.4, 0.5) is 5.82 Å². The first-order valence-electron chi connectivity index (χ1n) is 9.69. The summed E-state index contributed by atoms with van der Waals surface area (Å²) < 4.78 is 7.42. The van der Waals surface area contributed by atoms with Gasteiger partial charge in [-0.2, -0.15) is 5.10 Å². The maximum Gasteiger partial charge on any atom is 0.157 e. The van der Waals surface area contributed by atoms with Crippen LogP contribution < -0.4 is 15.4 Å². The van der Waals surface area contributed by atoms with Crippen LogP contribution in [0.5, 0.6) is 5.75 Å². The number of pyridine rings is 1. The highest BCUT2D eigenvalue weighted by Gasteiger charge is 2.29. The Balaban J connectivity index is 1.49. The number of anilines is 1. The average Bonchev–Trinajstić information content (AvgIpc) is 3.47. The van der Waals surface area contributed by atoms with Gasteiger partial charge < -0.3 is 15.4 Å². The summed E-state index contributed by atoms with van der Waals surface area (Å²) in [5, 5.41) is 11.8. The van der Waals surface area contributed by atoms with Crippen LogP contribution in [-0.4, -0.2) is 45.8 Å². The van der Waals surface area contributed by atoms with Crippen LogP contribution in [-0.2, 0) is 0 Å². The first-order chi connectivity index (χ1) is 13.3. The van der Waals surface area contributed by atoms with E-state index in [-0.39, 0.29) is 0 Å². The van der Waals surface area contributed by atoms with Gasteiger partial charge in [0.2, 0.25) is 0 Å². The Morgan fingerprint density at radius 2 is 2.19 bits per heavy atom. The summed E-state index contributed by atoms with van der Waals surface area (Å²) in [7, 11) is 1.69. The van der Waals surface area contributed by atoms with Crippen molar-refractivity contribution in [3.05, 3.63) is 36.2 Å². The molecule has 27 heavy (non-hydrogen) atoms. The van der Waals surface area contributed by atoms with Crippen molar-refractivity contribution in [2.75, 3.05) is 25.5 Å². The van der Waals surface area contributed by atoms with E-state index in [1.165, 1.54) is 25.7 Å². The first kappa shape index (κ1) is 16.5. The molecule has 3 aromatic heterocycles. The predicted octanol–water partition coefficient (Wildman–Crippen LogP) is 2.84. The minimum absolute atomic E-state index is 0.424. The zero-order valence-corrected chi connectivity index (χ0v) is 15.5. The molecule has 4 heterocycles. The SMILES string of the molecule is COc1cc2ncc(-c3cccc(N[C@@H]4CCCNC4)n3)n2nc1C1CC1. The van der Waals surface area contributed by atoms with E-state index < -0.39 is 0 Å². The molecule has 1 saturated heterocycles. The van der Waals surface area contributed by atoms with Gasteiger partial charge in [-0.25, -0.2) is 14.5 Å². The van der Waals surface area contributed by atoms with Gasteiger partial charge in [0, 0.05) is 24.6 Å². The predicted molar refractivity (Wildman–Crippen MR) is 104 cm³/mol. The van der Waals surface area contributed by atoms with Crippen molar-refractivity contribution in [1.29, 1.82) is 0 Å². The molecule has 2 N–H and O–H groups in total. The van der Waals surface area contributed by atoms with Crippen LogP contribution in [0.3, 0.4) is 0 Å². The van der Waals surface area contributed by atoms with Gasteiger partial charge in [-0.15, -0.1) is 0 Å². The Hall–Kier alpha value is -2.67. The Labute approximate surface area is 158 Å². The van der Waals surface area contributed by atoms with Crippen molar-refractivity contribution in [3.63, 3.8) is 0 Å². The maximum atomic E-state index is 5.53. The largest absolute Gasteiger partial charge is 0.495 e. The lowest BCUT2D eigenvalue weighted by atomic mass is 10.1. The van der Waals surface area contributed by atoms with Gasteiger partial charge >= 0.3 is 0 Å². The number of ether oxygens (including phenoxy) is 1. The highest BCUT2D eigenvalue weighted by atomic mass is 16.5. The minimum Gasteiger partial charge on any atom is -0.495 e. The Morgan fingerprint density at radius 3 is 2.96 bits per heavy atom. The number of imidazole rings is 1. The van der Waals surface area contributed by atoms with E-state index in [2.05, 4.69) is 15.6 Å². The fraction of sp³-hybridized carbons (Fsp3) is 0.450. The van der Waals surface area contributed by atoms with E-state index in [0.717, 1.165) is 47.4 Å². The molecular weight excluding hydrogens is 340 g/mol. The fourth-order valence-electron chi connectivity index (χ4n) is 3.73. The lowest BCUT2D eigenvalue weighted by Crippen LogP contribution is -2.38. The van der Waals surface area contributed by atoms with Gasteiger partial charge in [0.25, 0.3) is 0 Å². The van der Waals surface area contributed by atoms with Crippen LogP contribution in [0.1, 0.15) is 37.3 Å². The summed E-state index contributed by atoms with van der Waals surface area (Å²) >= 11 is 0. The summed E-state index contributed by atoms with van der Waals surface area (Å²) in [5.41, 5.74) is 3.57. The molecule has 0 amide bonds. The maximum absolute atomic E-state index is 5.53. The number of aromatic nitrogens is 4.